The summed E-state index contributed by atoms with van der Waals surface area (Å²) >= 11 is 0. The van der Waals surface area contributed by atoms with Crippen LogP contribution in [0.3, 0.4) is 0 Å². The average Bonchev–Trinajstić information content (AvgIpc) is 2.09. The maximum absolute atomic E-state index is 9.38. The van der Waals surface area contributed by atoms with Gasteiger partial charge in [-0.05, 0) is 62.4 Å². The van der Waals surface area contributed by atoms with Crippen LogP contribution in [0, 0.1) is 34.6 Å². The molecule has 3 nitrogen and oxygen atoms in total. The van der Waals surface area contributed by atoms with Crippen molar-refractivity contribution in [3.63, 3.8) is 0 Å². The van der Waals surface area contributed by atoms with Crippen LogP contribution in [0.25, 0.3) is 0 Å². The van der Waals surface area contributed by atoms with E-state index in [1.165, 1.54) is 0 Å². The molecule has 1 aromatic rings. The van der Waals surface area contributed by atoms with Crippen molar-refractivity contribution in [2.24, 2.45) is 0 Å². The van der Waals surface area contributed by atoms with Gasteiger partial charge in [0.15, 0.2) is 0 Å². The van der Waals surface area contributed by atoms with Gasteiger partial charge in [0.1, 0.15) is 10.9 Å². The van der Waals surface area contributed by atoms with Crippen LogP contribution in [0.4, 0.5) is 0 Å². The fourth-order valence-electron chi connectivity index (χ4n) is 1.88. The summed E-state index contributed by atoms with van der Waals surface area (Å²) in [6.45, 7) is 9.44. The highest BCUT2D eigenvalue weighted by molar-refractivity contribution is 8.19. The lowest BCUT2D eigenvalue weighted by Crippen LogP contribution is -2.06. The summed E-state index contributed by atoms with van der Waals surface area (Å²) in [5.74, 6) is 0. The fraction of sp³-hybridized carbons (Fsp3) is 0.455. The summed E-state index contributed by atoms with van der Waals surface area (Å²) in [7, 11) is -3.63. The highest BCUT2D eigenvalue weighted by Gasteiger charge is 2.24. The van der Waals surface area contributed by atoms with Crippen molar-refractivity contribution in [2.45, 2.75) is 39.5 Å². The van der Waals surface area contributed by atoms with E-state index in [0.717, 1.165) is 27.8 Å². The molecule has 0 aliphatic heterocycles. The maximum Gasteiger partial charge on any atom is 0.113 e. The summed E-state index contributed by atoms with van der Waals surface area (Å²) in [6.07, 6.45) is 0. The topological polar surface area (TPSA) is 60.7 Å². The van der Waals surface area contributed by atoms with E-state index in [-0.39, 0.29) is 4.90 Å². The zero-order valence-corrected chi connectivity index (χ0v) is 10.6. The standard InChI is InChI=1S/C11H18O3S/c1-6-7(2)9(4)11(15(12,13)14)10(5)8(6)3/h12-14H,1-5H3. The van der Waals surface area contributed by atoms with Gasteiger partial charge in [-0.3, -0.25) is 0 Å². The Kier molecular flexibility index (Phi) is 3.16. The van der Waals surface area contributed by atoms with Gasteiger partial charge in [-0.2, -0.15) is 0 Å². The van der Waals surface area contributed by atoms with Crippen LogP contribution in [-0.2, 0) is 0 Å². The van der Waals surface area contributed by atoms with Gasteiger partial charge in [-0.15, -0.1) is 0 Å². The lowest BCUT2D eigenvalue weighted by atomic mass is 9.95. The van der Waals surface area contributed by atoms with E-state index >= 15 is 0 Å². The van der Waals surface area contributed by atoms with Crippen molar-refractivity contribution >= 4 is 10.9 Å². The number of hydrogen-bond donors (Lipinski definition) is 3. The smallest absolute Gasteiger partial charge is 0.113 e. The monoisotopic (exact) mass is 230 g/mol. The summed E-state index contributed by atoms with van der Waals surface area (Å²) < 4.78 is 28.2. The molecule has 0 aliphatic rings. The minimum atomic E-state index is -3.63. The highest BCUT2D eigenvalue weighted by Crippen LogP contribution is 2.49. The largest absolute Gasteiger partial charge is 0.304 e. The Labute approximate surface area is 92.3 Å². The van der Waals surface area contributed by atoms with Gasteiger partial charge < -0.3 is 13.7 Å². The highest BCUT2D eigenvalue weighted by atomic mass is 32.3. The molecule has 0 unspecified atom stereocenters. The molecule has 0 aromatic heterocycles. The van der Waals surface area contributed by atoms with Crippen LogP contribution < -0.4 is 0 Å². The van der Waals surface area contributed by atoms with Gasteiger partial charge in [0.2, 0.25) is 0 Å². The Morgan fingerprint density at radius 1 is 0.600 bits per heavy atom. The normalized spacial score (nSPS) is 13.1. The van der Waals surface area contributed by atoms with Gasteiger partial charge in [-0.25, -0.2) is 0 Å². The molecule has 3 N–H and O–H groups in total. The minimum Gasteiger partial charge on any atom is -0.304 e. The zero-order valence-electron chi connectivity index (χ0n) is 9.75. The third kappa shape index (κ3) is 2.03. The second-order valence-corrected chi connectivity index (χ2v) is 5.42. The second-order valence-electron chi connectivity index (χ2n) is 3.97. The third-order valence-electron chi connectivity index (χ3n) is 3.21. The maximum atomic E-state index is 9.38. The first kappa shape index (κ1) is 12.5. The predicted molar refractivity (Wildman–Crippen MR) is 63.9 cm³/mol. The molecule has 0 fully saturated rings. The molecule has 0 radical (unpaired) electrons. The molecule has 0 bridgehead atoms. The van der Waals surface area contributed by atoms with E-state index in [0.29, 0.717) is 0 Å². The molecule has 86 valence electrons. The van der Waals surface area contributed by atoms with Gasteiger partial charge in [0.05, 0.1) is 4.90 Å². The lowest BCUT2D eigenvalue weighted by Gasteiger charge is -2.27. The van der Waals surface area contributed by atoms with E-state index in [2.05, 4.69) is 0 Å². The molecular formula is C11H18O3S. The average molecular weight is 230 g/mol. The van der Waals surface area contributed by atoms with E-state index in [4.69, 9.17) is 0 Å². The van der Waals surface area contributed by atoms with Crippen LogP contribution in [0.5, 0.6) is 0 Å². The Bertz CT molecular complexity index is 376. The molecule has 15 heavy (non-hydrogen) atoms. The quantitative estimate of drug-likeness (QED) is 0.687. The first-order valence-corrected chi connectivity index (χ1v) is 6.26. The van der Waals surface area contributed by atoms with Gasteiger partial charge in [-0.1, -0.05) is 0 Å². The summed E-state index contributed by atoms with van der Waals surface area (Å²) in [5, 5.41) is 0. The number of benzene rings is 1. The number of rotatable bonds is 1. The molecule has 4 heteroatoms. The molecule has 0 atom stereocenters. The van der Waals surface area contributed by atoms with Gasteiger partial charge in [0, 0.05) is 0 Å². The molecule has 1 rings (SSSR count). The van der Waals surface area contributed by atoms with Crippen LogP contribution in [0.15, 0.2) is 4.90 Å². The van der Waals surface area contributed by atoms with Gasteiger partial charge >= 0.3 is 0 Å². The van der Waals surface area contributed by atoms with Crippen molar-refractivity contribution in [3.05, 3.63) is 27.8 Å². The SMILES string of the molecule is Cc1c(C)c(C)c(S(O)(O)O)c(C)c1C. The Morgan fingerprint density at radius 2 is 0.867 bits per heavy atom. The lowest BCUT2D eigenvalue weighted by molar-refractivity contribution is 0.374. The molecule has 0 saturated carbocycles. The molecule has 1 aromatic carbocycles. The Morgan fingerprint density at radius 3 is 1.13 bits per heavy atom. The molecule has 0 spiro atoms. The van der Waals surface area contributed by atoms with E-state index < -0.39 is 10.9 Å². The van der Waals surface area contributed by atoms with E-state index in [1.54, 1.807) is 13.8 Å². The van der Waals surface area contributed by atoms with E-state index in [9.17, 15) is 13.7 Å². The summed E-state index contributed by atoms with van der Waals surface area (Å²) in [5.41, 5.74) is 4.66. The van der Waals surface area contributed by atoms with Crippen LogP contribution >= 0.6 is 10.9 Å². The van der Waals surface area contributed by atoms with Crippen molar-refractivity contribution in [2.75, 3.05) is 0 Å². The van der Waals surface area contributed by atoms with Crippen molar-refractivity contribution in [3.8, 4) is 0 Å². The molecule has 0 amide bonds. The fourth-order valence-corrected chi connectivity index (χ4v) is 3.00. The second kappa shape index (κ2) is 3.79. The van der Waals surface area contributed by atoms with Crippen LogP contribution in [-0.4, -0.2) is 13.7 Å². The van der Waals surface area contributed by atoms with Crippen molar-refractivity contribution in [1.82, 2.24) is 0 Å². The van der Waals surface area contributed by atoms with E-state index in [1.807, 2.05) is 20.8 Å². The summed E-state index contributed by atoms with van der Waals surface area (Å²) in [4.78, 5) is 0.281. The number of hydrogen-bond acceptors (Lipinski definition) is 3. The molecule has 0 aliphatic carbocycles. The molecule has 0 heterocycles. The van der Waals surface area contributed by atoms with Crippen molar-refractivity contribution in [1.29, 1.82) is 0 Å². The Balaban J connectivity index is 3.68. The van der Waals surface area contributed by atoms with Crippen LogP contribution in [0.1, 0.15) is 27.8 Å². The molecule has 0 saturated heterocycles. The molecular weight excluding hydrogens is 212 g/mol. The zero-order chi connectivity index (χ0) is 12.0. The first-order valence-electron chi connectivity index (χ1n) is 4.75. The van der Waals surface area contributed by atoms with Gasteiger partial charge in [0.25, 0.3) is 0 Å². The first-order chi connectivity index (χ1) is 6.68. The minimum absolute atomic E-state index is 0.281. The van der Waals surface area contributed by atoms with Crippen LogP contribution in [0.2, 0.25) is 0 Å². The Hall–Kier alpha value is -0.550. The summed E-state index contributed by atoms with van der Waals surface area (Å²) in [6, 6.07) is 0. The predicted octanol–water partition coefficient (Wildman–Crippen LogP) is 3.81. The van der Waals surface area contributed by atoms with Crippen molar-refractivity contribution < 1.29 is 13.7 Å². The third-order valence-corrected chi connectivity index (χ3v) is 4.37.